The zero-order valence-corrected chi connectivity index (χ0v) is 11.5. The molecule has 0 saturated heterocycles. The van der Waals surface area contributed by atoms with E-state index in [1.165, 1.54) is 5.38 Å². The molecular weight excluding hydrogens is 296 g/mol. The minimum Gasteiger partial charge on any atom is -0.476 e. The molecule has 3 rings (SSSR count). The number of carboxylic acid groups (broad SMARTS) is 1. The van der Waals surface area contributed by atoms with Crippen molar-refractivity contribution in [3.05, 3.63) is 34.3 Å². The summed E-state index contributed by atoms with van der Waals surface area (Å²) >= 11 is 1.14. The van der Waals surface area contributed by atoms with Gasteiger partial charge in [0, 0.05) is 17.1 Å². The van der Waals surface area contributed by atoms with E-state index in [4.69, 9.17) is 14.6 Å². The Morgan fingerprint density at radius 2 is 2.14 bits per heavy atom. The first-order chi connectivity index (χ1) is 10.1. The van der Waals surface area contributed by atoms with Crippen molar-refractivity contribution in [2.45, 2.75) is 6.42 Å². The number of nitrogens with one attached hydrogen (secondary N) is 1. The van der Waals surface area contributed by atoms with Crippen LogP contribution < -0.4 is 14.8 Å². The standard InChI is InChI=1S/C13H10N2O5S/c16-11(4-12-15-8(5-21-12)13(17)18)14-7-1-2-9-10(3-7)20-6-19-9/h1-3,5H,4,6H2,(H,14,16)(H,17,18). The van der Waals surface area contributed by atoms with E-state index in [1.54, 1.807) is 18.2 Å². The first kappa shape index (κ1) is 13.4. The number of aromatic nitrogens is 1. The van der Waals surface area contributed by atoms with Gasteiger partial charge < -0.3 is 19.9 Å². The Bertz CT molecular complexity index is 712. The number of thiazole rings is 1. The van der Waals surface area contributed by atoms with Crippen LogP contribution in [0.25, 0.3) is 0 Å². The minimum absolute atomic E-state index is 0.0202. The van der Waals surface area contributed by atoms with Crippen LogP contribution in [-0.4, -0.2) is 28.8 Å². The molecule has 8 heteroatoms. The van der Waals surface area contributed by atoms with E-state index in [9.17, 15) is 9.59 Å². The average molecular weight is 306 g/mol. The normalized spacial score (nSPS) is 12.2. The molecule has 1 aromatic carbocycles. The van der Waals surface area contributed by atoms with E-state index in [-0.39, 0.29) is 24.8 Å². The highest BCUT2D eigenvalue weighted by Gasteiger charge is 2.15. The van der Waals surface area contributed by atoms with Crippen molar-refractivity contribution in [3.8, 4) is 11.5 Å². The fourth-order valence-corrected chi connectivity index (χ4v) is 2.57. The molecule has 1 amide bonds. The van der Waals surface area contributed by atoms with Gasteiger partial charge in [-0.15, -0.1) is 11.3 Å². The van der Waals surface area contributed by atoms with E-state index in [2.05, 4.69) is 10.3 Å². The summed E-state index contributed by atoms with van der Waals surface area (Å²) in [5, 5.41) is 13.3. The number of nitrogens with zero attached hydrogens (tertiary/aromatic N) is 1. The van der Waals surface area contributed by atoms with Crippen molar-refractivity contribution in [1.29, 1.82) is 0 Å². The number of carboxylic acids is 1. The Balaban J connectivity index is 1.64. The van der Waals surface area contributed by atoms with Gasteiger partial charge in [0.05, 0.1) is 6.42 Å². The van der Waals surface area contributed by atoms with Gasteiger partial charge in [0.2, 0.25) is 12.7 Å². The summed E-state index contributed by atoms with van der Waals surface area (Å²) < 4.78 is 10.4. The highest BCUT2D eigenvalue weighted by molar-refractivity contribution is 7.09. The fraction of sp³-hybridized carbons (Fsp3) is 0.154. The lowest BCUT2D eigenvalue weighted by atomic mass is 10.2. The molecule has 0 unspecified atom stereocenters. The first-order valence-corrected chi connectivity index (χ1v) is 6.87. The van der Waals surface area contributed by atoms with Crippen LogP contribution in [0.4, 0.5) is 5.69 Å². The Kier molecular flexibility index (Phi) is 3.44. The molecule has 1 aliphatic heterocycles. The molecule has 2 heterocycles. The number of benzene rings is 1. The largest absolute Gasteiger partial charge is 0.476 e. The summed E-state index contributed by atoms with van der Waals surface area (Å²) in [5.74, 6) is -0.164. The average Bonchev–Trinajstić information content (AvgIpc) is 3.06. The summed E-state index contributed by atoms with van der Waals surface area (Å²) in [5.41, 5.74) is 0.533. The molecule has 0 bridgehead atoms. The van der Waals surface area contributed by atoms with Gasteiger partial charge in [-0.3, -0.25) is 4.79 Å². The van der Waals surface area contributed by atoms with Gasteiger partial charge in [-0.05, 0) is 12.1 Å². The highest BCUT2D eigenvalue weighted by atomic mass is 32.1. The molecule has 0 saturated carbocycles. The van der Waals surface area contributed by atoms with Gasteiger partial charge in [-0.1, -0.05) is 0 Å². The Morgan fingerprint density at radius 3 is 2.90 bits per heavy atom. The zero-order chi connectivity index (χ0) is 14.8. The van der Waals surface area contributed by atoms with Gasteiger partial charge >= 0.3 is 5.97 Å². The van der Waals surface area contributed by atoms with E-state index >= 15 is 0 Å². The maximum Gasteiger partial charge on any atom is 0.355 e. The zero-order valence-electron chi connectivity index (χ0n) is 10.7. The molecule has 1 aromatic heterocycles. The summed E-state index contributed by atoms with van der Waals surface area (Å²) in [7, 11) is 0. The number of hydrogen-bond donors (Lipinski definition) is 2. The van der Waals surface area contributed by atoms with Crippen LogP contribution in [-0.2, 0) is 11.2 Å². The predicted octanol–water partition coefficient (Wildman–Crippen LogP) is 1.75. The lowest BCUT2D eigenvalue weighted by molar-refractivity contribution is -0.115. The Labute approximate surface area is 123 Å². The number of aromatic carboxylic acids is 1. The van der Waals surface area contributed by atoms with Gasteiger partial charge in [0.15, 0.2) is 17.2 Å². The number of fused-ring (bicyclic) bond motifs is 1. The van der Waals surface area contributed by atoms with Crippen molar-refractivity contribution < 1.29 is 24.2 Å². The van der Waals surface area contributed by atoms with Crippen LogP contribution >= 0.6 is 11.3 Å². The number of hydrogen-bond acceptors (Lipinski definition) is 6. The third-order valence-electron chi connectivity index (χ3n) is 2.74. The monoisotopic (exact) mass is 306 g/mol. The van der Waals surface area contributed by atoms with Crippen molar-refractivity contribution >= 4 is 28.9 Å². The van der Waals surface area contributed by atoms with Crippen LogP contribution in [0.2, 0.25) is 0 Å². The maximum atomic E-state index is 11.9. The van der Waals surface area contributed by atoms with Crippen LogP contribution in [0.1, 0.15) is 15.5 Å². The summed E-state index contributed by atoms with van der Waals surface area (Å²) in [4.78, 5) is 26.5. The van der Waals surface area contributed by atoms with Crippen molar-refractivity contribution in [1.82, 2.24) is 4.98 Å². The molecule has 0 atom stereocenters. The third-order valence-corrected chi connectivity index (χ3v) is 3.59. The molecule has 7 nitrogen and oxygen atoms in total. The molecule has 2 N–H and O–H groups in total. The van der Waals surface area contributed by atoms with Crippen molar-refractivity contribution in [3.63, 3.8) is 0 Å². The van der Waals surface area contributed by atoms with E-state index < -0.39 is 5.97 Å². The number of carbonyl (C=O) groups excluding carboxylic acids is 1. The summed E-state index contributed by atoms with van der Waals surface area (Å²) in [6, 6.07) is 5.09. The number of rotatable bonds is 4. The van der Waals surface area contributed by atoms with Crippen LogP contribution in [0.15, 0.2) is 23.6 Å². The second kappa shape index (κ2) is 5.41. The number of amides is 1. The van der Waals surface area contributed by atoms with Gasteiger partial charge in [-0.25, -0.2) is 9.78 Å². The molecular formula is C13H10N2O5S. The van der Waals surface area contributed by atoms with Crippen LogP contribution in [0, 0.1) is 0 Å². The van der Waals surface area contributed by atoms with E-state index in [0.29, 0.717) is 22.2 Å². The minimum atomic E-state index is -1.10. The van der Waals surface area contributed by atoms with E-state index in [1.807, 2.05) is 0 Å². The molecule has 108 valence electrons. The van der Waals surface area contributed by atoms with Crippen molar-refractivity contribution in [2.24, 2.45) is 0 Å². The molecule has 0 spiro atoms. The molecule has 0 fully saturated rings. The van der Waals surface area contributed by atoms with Gasteiger partial charge in [0.1, 0.15) is 5.01 Å². The molecule has 21 heavy (non-hydrogen) atoms. The molecule has 0 radical (unpaired) electrons. The SMILES string of the molecule is O=C(Cc1nc(C(=O)O)cs1)Nc1ccc2c(c1)OCO2. The molecule has 0 aliphatic carbocycles. The summed E-state index contributed by atoms with van der Waals surface area (Å²) in [6.45, 7) is 0.170. The lowest BCUT2D eigenvalue weighted by Crippen LogP contribution is -2.14. The third kappa shape index (κ3) is 2.95. The lowest BCUT2D eigenvalue weighted by Gasteiger charge is -2.04. The van der Waals surface area contributed by atoms with E-state index in [0.717, 1.165) is 11.3 Å². The smallest absolute Gasteiger partial charge is 0.355 e. The Hall–Kier alpha value is -2.61. The van der Waals surface area contributed by atoms with Crippen molar-refractivity contribution in [2.75, 3.05) is 12.1 Å². The topological polar surface area (TPSA) is 97.8 Å². The highest BCUT2D eigenvalue weighted by Crippen LogP contribution is 2.34. The molecule has 1 aliphatic rings. The Morgan fingerprint density at radius 1 is 1.33 bits per heavy atom. The number of ether oxygens (including phenoxy) is 2. The predicted molar refractivity (Wildman–Crippen MR) is 74.0 cm³/mol. The summed E-state index contributed by atoms with van der Waals surface area (Å²) in [6.07, 6.45) is 0.0202. The maximum absolute atomic E-state index is 11.9. The molecule has 2 aromatic rings. The van der Waals surface area contributed by atoms with Gasteiger partial charge in [0.25, 0.3) is 0 Å². The number of anilines is 1. The first-order valence-electron chi connectivity index (χ1n) is 5.99. The quantitative estimate of drug-likeness (QED) is 0.893. The van der Waals surface area contributed by atoms with Gasteiger partial charge in [-0.2, -0.15) is 0 Å². The second-order valence-corrected chi connectivity index (χ2v) is 5.17. The van der Waals surface area contributed by atoms with Crippen LogP contribution in [0.5, 0.6) is 11.5 Å². The second-order valence-electron chi connectivity index (χ2n) is 4.22. The van der Waals surface area contributed by atoms with Crippen LogP contribution in [0.3, 0.4) is 0 Å². The fourth-order valence-electron chi connectivity index (χ4n) is 1.81. The number of carbonyl (C=O) groups is 2.